The van der Waals surface area contributed by atoms with Crippen LogP contribution in [0.2, 0.25) is 0 Å². The molecule has 1 aromatic carbocycles. The zero-order valence-electron chi connectivity index (χ0n) is 12.0. The van der Waals surface area contributed by atoms with Crippen molar-refractivity contribution in [1.29, 1.82) is 0 Å². The average molecular weight is 301 g/mol. The molecule has 0 unspecified atom stereocenters. The van der Waals surface area contributed by atoms with Gasteiger partial charge in [-0.1, -0.05) is 0 Å². The highest BCUT2D eigenvalue weighted by Gasteiger charge is 2.35. The van der Waals surface area contributed by atoms with Crippen molar-refractivity contribution in [2.75, 3.05) is 31.5 Å². The Morgan fingerprint density at radius 1 is 1.14 bits per heavy atom. The molecule has 1 saturated heterocycles. The van der Waals surface area contributed by atoms with E-state index in [4.69, 9.17) is 0 Å². The van der Waals surface area contributed by atoms with Crippen molar-refractivity contribution in [3.05, 3.63) is 29.6 Å². The Hall–Kier alpha value is -1.60. The number of hydrogen-bond donors (Lipinski definition) is 2. The number of nitrogens with one attached hydrogen (secondary N) is 2. The van der Waals surface area contributed by atoms with Crippen LogP contribution in [0.15, 0.2) is 12.1 Å². The molecule has 0 radical (unpaired) electrons. The summed E-state index contributed by atoms with van der Waals surface area (Å²) in [7, 11) is 0. The minimum Gasteiger partial charge on any atom is -0.322 e. The molecule has 0 aromatic heterocycles. The van der Waals surface area contributed by atoms with Crippen LogP contribution >= 0.6 is 0 Å². The van der Waals surface area contributed by atoms with Crippen LogP contribution in [0.3, 0.4) is 0 Å². The molecule has 1 aliphatic rings. The van der Waals surface area contributed by atoms with Crippen molar-refractivity contribution in [2.24, 2.45) is 0 Å². The molecule has 1 heterocycles. The number of nitrogens with zero attached hydrogens (tertiary/aromatic N) is 1. The number of carbonyl (C=O) groups is 1. The second-order valence-electron chi connectivity index (χ2n) is 5.50. The van der Waals surface area contributed by atoms with Crippen LogP contribution in [0.25, 0.3) is 0 Å². The van der Waals surface area contributed by atoms with Gasteiger partial charge in [0, 0.05) is 38.3 Å². The first-order chi connectivity index (χ1) is 9.82. The zero-order chi connectivity index (χ0) is 15.6. The Bertz CT molecular complexity index is 543. The van der Waals surface area contributed by atoms with Gasteiger partial charge in [-0.2, -0.15) is 0 Å². The summed E-state index contributed by atoms with van der Waals surface area (Å²) in [4.78, 5) is 14.3. The third-order valence-electron chi connectivity index (χ3n) is 3.72. The van der Waals surface area contributed by atoms with Crippen molar-refractivity contribution in [3.63, 3.8) is 0 Å². The number of hydrogen-bond acceptors (Lipinski definition) is 3. The molecule has 0 spiro atoms. The molecule has 7 heteroatoms. The average Bonchev–Trinajstić information content (AvgIpc) is 2.45. The number of piperazine rings is 1. The van der Waals surface area contributed by atoms with E-state index in [-0.39, 0.29) is 5.69 Å². The van der Waals surface area contributed by atoms with Gasteiger partial charge in [-0.15, -0.1) is 0 Å². The van der Waals surface area contributed by atoms with Crippen LogP contribution in [0.5, 0.6) is 0 Å². The Labute approximate surface area is 121 Å². The van der Waals surface area contributed by atoms with Gasteiger partial charge in [0.15, 0.2) is 11.6 Å². The van der Waals surface area contributed by atoms with Crippen molar-refractivity contribution in [2.45, 2.75) is 19.4 Å². The van der Waals surface area contributed by atoms with Gasteiger partial charge in [0.1, 0.15) is 5.82 Å². The summed E-state index contributed by atoms with van der Waals surface area (Å²) in [5, 5.41) is 5.51. The van der Waals surface area contributed by atoms with Crippen molar-refractivity contribution >= 4 is 11.6 Å². The molecule has 116 valence electrons. The van der Waals surface area contributed by atoms with E-state index in [1.165, 1.54) is 0 Å². The van der Waals surface area contributed by atoms with E-state index in [1.807, 2.05) is 4.90 Å². The second kappa shape index (κ2) is 6.03. The third kappa shape index (κ3) is 3.36. The molecule has 0 bridgehead atoms. The molecule has 1 fully saturated rings. The van der Waals surface area contributed by atoms with E-state index >= 15 is 0 Å². The summed E-state index contributed by atoms with van der Waals surface area (Å²) in [6, 6.07) is 1.07. The van der Waals surface area contributed by atoms with Crippen LogP contribution < -0.4 is 10.6 Å². The molecule has 21 heavy (non-hydrogen) atoms. The maximum absolute atomic E-state index is 13.6. The number of amides is 1. The SMILES string of the molecule is CC(C)(C(=O)Nc1cc(F)c(F)cc1F)N1CCNCC1. The predicted molar refractivity (Wildman–Crippen MR) is 73.5 cm³/mol. The van der Waals surface area contributed by atoms with Gasteiger partial charge >= 0.3 is 0 Å². The quantitative estimate of drug-likeness (QED) is 0.836. The lowest BCUT2D eigenvalue weighted by Crippen LogP contribution is -2.58. The van der Waals surface area contributed by atoms with Crippen molar-refractivity contribution < 1.29 is 18.0 Å². The smallest absolute Gasteiger partial charge is 0.244 e. The molecule has 1 amide bonds. The molecule has 0 saturated carbocycles. The van der Waals surface area contributed by atoms with E-state index in [9.17, 15) is 18.0 Å². The van der Waals surface area contributed by atoms with Gasteiger partial charge in [-0.3, -0.25) is 9.69 Å². The van der Waals surface area contributed by atoms with Crippen LogP contribution in [0.1, 0.15) is 13.8 Å². The maximum Gasteiger partial charge on any atom is 0.244 e. The van der Waals surface area contributed by atoms with Gasteiger partial charge in [0.25, 0.3) is 0 Å². The summed E-state index contributed by atoms with van der Waals surface area (Å²) in [6.45, 7) is 6.31. The first-order valence-corrected chi connectivity index (χ1v) is 6.74. The lowest BCUT2D eigenvalue weighted by atomic mass is 10.00. The van der Waals surface area contributed by atoms with E-state index in [0.717, 1.165) is 13.1 Å². The normalized spacial score (nSPS) is 16.8. The lowest BCUT2D eigenvalue weighted by molar-refractivity contribution is -0.126. The monoisotopic (exact) mass is 301 g/mol. The summed E-state index contributed by atoms with van der Waals surface area (Å²) in [5.41, 5.74) is -1.23. The lowest BCUT2D eigenvalue weighted by Gasteiger charge is -2.39. The number of rotatable bonds is 3. The van der Waals surface area contributed by atoms with Crippen LogP contribution in [0.4, 0.5) is 18.9 Å². The molecule has 0 atom stereocenters. The van der Waals surface area contributed by atoms with Gasteiger partial charge in [0.05, 0.1) is 11.2 Å². The predicted octanol–water partition coefficient (Wildman–Crippen LogP) is 1.73. The minimum absolute atomic E-state index is 0.359. The maximum atomic E-state index is 13.6. The highest BCUT2D eigenvalue weighted by atomic mass is 19.2. The fraction of sp³-hybridized carbons (Fsp3) is 0.500. The van der Waals surface area contributed by atoms with Gasteiger partial charge < -0.3 is 10.6 Å². The number of halogens is 3. The zero-order valence-corrected chi connectivity index (χ0v) is 12.0. The summed E-state index contributed by atoms with van der Waals surface area (Å²) < 4.78 is 39.6. The van der Waals surface area contributed by atoms with E-state index in [0.29, 0.717) is 25.2 Å². The highest BCUT2D eigenvalue weighted by molar-refractivity contribution is 5.97. The van der Waals surface area contributed by atoms with Crippen molar-refractivity contribution in [1.82, 2.24) is 10.2 Å². The molecular formula is C14H18F3N3O. The number of benzene rings is 1. The fourth-order valence-corrected chi connectivity index (χ4v) is 2.26. The molecule has 2 N–H and O–H groups in total. The highest BCUT2D eigenvalue weighted by Crippen LogP contribution is 2.22. The second-order valence-corrected chi connectivity index (χ2v) is 5.50. The minimum atomic E-state index is -1.29. The first-order valence-electron chi connectivity index (χ1n) is 6.74. The largest absolute Gasteiger partial charge is 0.322 e. The Morgan fingerprint density at radius 3 is 2.33 bits per heavy atom. The summed E-state index contributed by atoms with van der Waals surface area (Å²) in [5.74, 6) is -3.95. The Kier molecular flexibility index (Phi) is 4.53. The van der Waals surface area contributed by atoms with E-state index < -0.39 is 28.9 Å². The van der Waals surface area contributed by atoms with E-state index in [2.05, 4.69) is 10.6 Å². The molecule has 1 aliphatic heterocycles. The molecule has 0 aliphatic carbocycles. The van der Waals surface area contributed by atoms with E-state index in [1.54, 1.807) is 13.8 Å². The first kappa shape index (κ1) is 15.8. The number of anilines is 1. The molecule has 1 aromatic rings. The standard InChI is InChI=1S/C14H18F3N3O/c1-14(2,20-5-3-18-4-6-20)13(21)19-12-8-10(16)9(15)7-11(12)17/h7-8,18H,3-6H2,1-2H3,(H,19,21). The van der Waals surface area contributed by atoms with Gasteiger partial charge in [-0.25, -0.2) is 13.2 Å². The molecule has 4 nitrogen and oxygen atoms in total. The summed E-state index contributed by atoms with van der Waals surface area (Å²) in [6.07, 6.45) is 0. The Morgan fingerprint density at radius 2 is 1.71 bits per heavy atom. The topological polar surface area (TPSA) is 44.4 Å². The van der Waals surface area contributed by atoms with Gasteiger partial charge in [-0.05, 0) is 13.8 Å². The molecular weight excluding hydrogens is 283 g/mol. The van der Waals surface area contributed by atoms with Gasteiger partial charge in [0.2, 0.25) is 5.91 Å². The molecule has 2 rings (SSSR count). The van der Waals surface area contributed by atoms with Crippen LogP contribution in [-0.4, -0.2) is 42.5 Å². The summed E-state index contributed by atoms with van der Waals surface area (Å²) >= 11 is 0. The third-order valence-corrected chi connectivity index (χ3v) is 3.72. The fourth-order valence-electron chi connectivity index (χ4n) is 2.26. The number of carbonyl (C=O) groups excluding carboxylic acids is 1. The van der Waals surface area contributed by atoms with Crippen LogP contribution in [-0.2, 0) is 4.79 Å². The van der Waals surface area contributed by atoms with Crippen molar-refractivity contribution in [3.8, 4) is 0 Å². The van der Waals surface area contributed by atoms with Crippen LogP contribution in [0, 0.1) is 17.5 Å². The Balaban J connectivity index is 2.15.